The molecule has 2 atom stereocenters. The molecule has 4 nitrogen and oxygen atoms in total. The molecule has 0 radical (unpaired) electrons. The summed E-state index contributed by atoms with van der Waals surface area (Å²) in [6, 6.07) is 4.54. The number of hydrogen-bond donors (Lipinski definition) is 2. The third-order valence-electron chi connectivity index (χ3n) is 4.13. The highest BCUT2D eigenvalue weighted by Gasteiger charge is 2.27. The molecule has 112 valence electrons. The minimum Gasteiger partial charge on any atom is -0.479 e. The number of hydrogen-bond acceptors (Lipinski definition) is 2. The van der Waals surface area contributed by atoms with Gasteiger partial charge in [-0.3, -0.25) is 4.79 Å². The van der Waals surface area contributed by atoms with Gasteiger partial charge in [0, 0.05) is 5.92 Å². The van der Waals surface area contributed by atoms with Crippen molar-refractivity contribution in [1.29, 1.82) is 0 Å². The predicted octanol–water partition coefficient (Wildman–Crippen LogP) is 2.90. The number of nitrogens with one attached hydrogen (secondary N) is 1. The van der Waals surface area contributed by atoms with Crippen LogP contribution < -0.4 is 5.32 Å². The van der Waals surface area contributed by atoms with Crippen LogP contribution in [0.25, 0.3) is 0 Å². The summed E-state index contributed by atoms with van der Waals surface area (Å²) in [6.45, 7) is 3.82. The largest absolute Gasteiger partial charge is 0.479 e. The van der Waals surface area contributed by atoms with E-state index in [-0.39, 0.29) is 11.8 Å². The van der Waals surface area contributed by atoms with Crippen molar-refractivity contribution >= 4 is 11.9 Å². The van der Waals surface area contributed by atoms with Crippen LogP contribution in [0.5, 0.6) is 0 Å². The Morgan fingerprint density at radius 1 is 1.29 bits per heavy atom. The van der Waals surface area contributed by atoms with Gasteiger partial charge in [-0.25, -0.2) is 4.79 Å². The number of aryl methyl sites for hydroxylation is 1. The Kier molecular flexibility index (Phi) is 4.78. The van der Waals surface area contributed by atoms with Crippen molar-refractivity contribution in [2.24, 2.45) is 5.92 Å². The average molecular weight is 287 g/mol. The van der Waals surface area contributed by atoms with Crippen LogP contribution in [0.15, 0.2) is 30.4 Å². The second kappa shape index (κ2) is 6.57. The normalized spacial score (nSPS) is 19.0. The molecule has 0 bridgehead atoms. The lowest BCUT2D eigenvalue weighted by Crippen LogP contribution is -2.38. The van der Waals surface area contributed by atoms with E-state index < -0.39 is 12.0 Å². The molecule has 2 unspecified atom stereocenters. The van der Waals surface area contributed by atoms with Gasteiger partial charge in [0.1, 0.15) is 0 Å². The molecule has 1 aromatic carbocycles. The molecule has 21 heavy (non-hydrogen) atoms. The molecule has 1 aliphatic rings. The Balaban J connectivity index is 2.20. The van der Waals surface area contributed by atoms with E-state index in [4.69, 9.17) is 0 Å². The number of carboxylic acid groups (broad SMARTS) is 1. The number of carbonyl (C=O) groups is 2. The Bertz CT molecular complexity index is 577. The lowest BCUT2D eigenvalue weighted by molar-refractivity contribution is -0.142. The zero-order valence-corrected chi connectivity index (χ0v) is 12.4. The van der Waals surface area contributed by atoms with E-state index in [2.05, 4.69) is 11.4 Å². The monoisotopic (exact) mass is 287 g/mol. The van der Waals surface area contributed by atoms with E-state index in [1.54, 1.807) is 6.07 Å². The van der Waals surface area contributed by atoms with Gasteiger partial charge in [0.15, 0.2) is 6.04 Å². The number of amides is 1. The van der Waals surface area contributed by atoms with Crippen LogP contribution in [0.3, 0.4) is 0 Å². The zero-order chi connectivity index (χ0) is 15.4. The topological polar surface area (TPSA) is 66.4 Å². The highest BCUT2D eigenvalue weighted by atomic mass is 16.4. The summed E-state index contributed by atoms with van der Waals surface area (Å²) in [7, 11) is 0. The summed E-state index contributed by atoms with van der Waals surface area (Å²) in [4.78, 5) is 23.8. The number of allylic oxidation sites excluding steroid dienone is 2. The van der Waals surface area contributed by atoms with Crippen LogP contribution in [0, 0.1) is 19.8 Å². The maximum atomic E-state index is 12.3. The van der Waals surface area contributed by atoms with Gasteiger partial charge >= 0.3 is 5.97 Å². The smallest absolute Gasteiger partial charge is 0.330 e. The third kappa shape index (κ3) is 3.51. The van der Waals surface area contributed by atoms with Crippen molar-refractivity contribution in [2.75, 3.05) is 0 Å². The molecule has 0 fully saturated rings. The van der Waals surface area contributed by atoms with Gasteiger partial charge in [-0.15, -0.1) is 0 Å². The number of aliphatic carboxylic acids is 1. The van der Waals surface area contributed by atoms with Crippen LogP contribution >= 0.6 is 0 Å². The minimum absolute atomic E-state index is 0.123. The fraction of sp³-hybridized carbons (Fsp3) is 0.412. The van der Waals surface area contributed by atoms with Crippen molar-refractivity contribution in [3.05, 3.63) is 47.0 Å². The molecule has 1 amide bonds. The van der Waals surface area contributed by atoms with Gasteiger partial charge in [-0.2, -0.15) is 0 Å². The zero-order valence-electron chi connectivity index (χ0n) is 12.4. The SMILES string of the molecule is Cc1cccc(C(NC(=O)C2CC=CCC2)C(=O)O)c1C. The van der Waals surface area contributed by atoms with Gasteiger partial charge in [0.05, 0.1) is 0 Å². The molecule has 0 aliphatic heterocycles. The molecule has 2 N–H and O–H groups in total. The molecule has 4 heteroatoms. The summed E-state index contributed by atoms with van der Waals surface area (Å²) >= 11 is 0. The van der Waals surface area contributed by atoms with E-state index >= 15 is 0 Å². The van der Waals surface area contributed by atoms with E-state index in [9.17, 15) is 14.7 Å². The molecular weight excluding hydrogens is 266 g/mol. The van der Waals surface area contributed by atoms with Gasteiger partial charge in [0.2, 0.25) is 5.91 Å². The summed E-state index contributed by atoms with van der Waals surface area (Å²) in [5.41, 5.74) is 2.59. The summed E-state index contributed by atoms with van der Waals surface area (Å²) in [5, 5.41) is 12.2. The van der Waals surface area contributed by atoms with Crippen molar-refractivity contribution < 1.29 is 14.7 Å². The molecule has 0 spiro atoms. The van der Waals surface area contributed by atoms with Gasteiger partial charge in [-0.1, -0.05) is 30.4 Å². The fourth-order valence-corrected chi connectivity index (χ4v) is 2.65. The van der Waals surface area contributed by atoms with Crippen LogP contribution in [-0.4, -0.2) is 17.0 Å². The number of rotatable bonds is 4. The number of carbonyl (C=O) groups excluding carboxylic acids is 1. The highest BCUT2D eigenvalue weighted by molar-refractivity contribution is 5.86. The van der Waals surface area contributed by atoms with Crippen LogP contribution in [-0.2, 0) is 9.59 Å². The second-order valence-electron chi connectivity index (χ2n) is 5.55. The summed E-state index contributed by atoms with van der Waals surface area (Å²) in [5.74, 6) is -1.32. The van der Waals surface area contributed by atoms with Crippen LogP contribution in [0.2, 0.25) is 0 Å². The second-order valence-corrected chi connectivity index (χ2v) is 5.55. The Morgan fingerprint density at radius 2 is 2.05 bits per heavy atom. The van der Waals surface area contributed by atoms with Crippen molar-refractivity contribution in [3.63, 3.8) is 0 Å². The molecule has 0 aromatic heterocycles. The average Bonchev–Trinajstić information content (AvgIpc) is 2.48. The van der Waals surface area contributed by atoms with Gasteiger partial charge in [0.25, 0.3) is 0 Å². The van der Waals surface area contributed by atoms with Crippen molar-refractivity contribution in [2.45, 2.75) is 39.2 Å². The number of benzene rings is 1. The van der Waals surface area contributed by atoms with Gasteiger partial charge < -0.3 is 10.4 Å². The van der Waals surface area contributed by atoms with Crippen molar-refractivity contribution in [1.82, 2.24) is 5.32 Å². The molecule has 0 saturated carbocycles. The molecular formula is C17H21NO3. The van der Waals surface area contributed by atoms with Crippen LogP contribution in [0.4, 0.5) is 0 Å². The first-order valence-corrected chi connectivity index (χ1v) is 7.25. The van der Waals surface area contributed by atoms with E-state index in [1.165, 1.54) is 0 Å². The highest BCUT2D eigenvalue weighted by Crippen LogP contribution is 2.23. The summed E-state index contributed by atoms with van der Waals surface area (Å²) in [6.07, 6.45) is 6.39. The van der Waals surface area contributed by atoms with Crippen LogP contribution in [0.1, 0.15) is 42.0 Å². The molecule has 0 heterocycles. The van der Waals surface area contributed by atoms with E-state index in [0.29, 0.717) is 12.0 Å². The predicted molar refractivity (Wildman–Crippen MR) is 80.9 cm³/mol. The lowest BCUT2D eigenvalue weighted by Gasteiger charge is -2.22. The first-order valence-electron chi connectivity index (χ1n) is 7.25. The van der Waals surface area contributed by atoms with E-state index in [0.717, 1.165) is 24.0 Å². The van der Waals surface area contributed by atoms with Crippen molar-refractivity contribution in [3.8, 4) is 0 Å². The van der Waals surface area contributed by atoms with Gasteiger partial charge in [-0.05, 0) is 49.8 Å². The maximum Gasteiger partial charge on any atom is 0.330 e. The number of carboxylic acids is 1. The molecule has 2 rings (SSSR count). The summed E-state index contributed by atoms with van der Waals surface area (Å²) < 4.78 is 0. The minimum atomic E-state index is -1.02. The maximum absolute atomic E-state index is 12.3. The molecule has 0 saturated heterocycles. The van der Waals surface area contributed by atoms with E-state index in [1.807, 2.05) is 32.1 Å². The first kappa shape index (κ1) is 15.3. The molecule has 1 aromatic rings. The Labute approximate surface area is 124 Å². The Morgan fingerprint density at radius 3 is 2.67 bits per heavy atom. The molecule has 1 aliphatic carbocycles. The standard InChI is InChI=1S/C17H21NO3/c1-11-7-6-10-14(12(11)2)15(17(20)21)18-16(19)13-8-4-3-5-9-13/h3-4,6-7,10,13,15H,5,8-9H2,1-2H3,(H,18,19)(H,20,21). The lowest BCUT2D eigenvalue weighted by atomic mass is 9.92. The Hall–Kier alpha value is -2.10. The fourth-order valence-electron chi connectivity index (χ4n) is 2.65. The quantitative estimate of drug-likeness (QED) is 0.837. The first-order chi connectivity index (χ1) is 10.0. The third-order valence-corrected chi connectivity index (χ3v) is 4.13.